The van der Waals surface area contributed by atoms with Gasteiger partial charge in [-0.05, 0) is 18.2 Å². The van der Waals surface area contributed by atoms with E-state index in [1.54, 1.807) is 29.8 Å². The van der Waals surface area contributed by atoms with Crippen molar-refractivity contribution in [1.82, 2.24) is 15.0 Å². The molecule has 2 N–H and O–H groups in total. The van der Waals surface area contributed by atoms with Crippen molar-refractivity contribution in [3.8, 4) is 10.7 Å². The Morgan fingerprint density at radius 3 is 2.88 bits per heavy atom. The summed E-state index contributed by atoms with van der Waals surface area (Å²) in [5.74, 6) is 0.509. The topological polar surface area (TPSA) is 64.7 Å². The zero-order valence-electron chi connectivity index (χ0n) is 8.29. The third kappa shape index (κ3) is 1.51. The van der Waals surface area contributed by atoms with Crippen LogP contribution in [-0.2, 0) is 0 Å². The first-order valence-corrected chi connectivity index (χ1v) is 5.58. The molecule has 0 amide bonds. The molecule has 5 heteroatoms. The van der Waals surface area contributed by atoms with Gasteiger partial charge in [-0.2, -0.15) is 0 Å². The van der Waals surface area contributed by atoms with Crippen LogP contribution in [0.3, 0.4) is 0 Å². The lowest BCUT2D eigenvalue weighted by Crippen LogP contribution is -1.90. The molecule has 0 aliphatic rings. The Morgan fingerprint density at radius 2 is 2.06 bits per heavy atom. The molecule has 0 saturated heterocycles. The normalized spacial score (nSPS) is 10.8. The molecule has 0 aliphatic heterocycles. The maximum absolute atomic E-state index is 5.64. The summed E-state index contributed by atoms with van der Waals surface area (Å²) < 4.78 is 1.11. The van der Waals surface area contributed by atoms with Crippen molar-refractivity contribution >= 4 is 27.4 Å². The number of hydrogen-bond donors (Lipinski definition) is 1. The van der Waals surface area contributed by atoms with E-state index in [4.69, 9.17) is 5.73 Å². The Balaban J connectivity index is 2.19. The molecule has 0 fully saturated rings. The fourth-order valence-corrected chi connectivity index (χ4v) is 2.36. The average Bonchev–Trinajstić information content (AvgIpc) is 2.72. The summed E-state index contributed by atoms with van der Waals surface area (Å²) in [6.45, 7) is 0. The number of thiazole rings is 1. The lowest BCUT2D eigenvalue weighted by molar-refractivity contribution is 1.30. The van der Waals surface area contributed by atoms with Gasteiger partial charge in [0.1, 0.15) is 22.0 Å². The van der Waals surface area contributed by atoms with E-state index < -0.39 is 0 Å². The van der Waals surface area contributed by atoms with E-state index >= 15 is 0 Å². The highest BCUT2D eigenvalue weighted by Gasteiger charge is 2.06. The van der Waals surface area contributed by atoms with Gasteiger partial charge >= 0.3 is 0 Å². The number of anilines is 1. The first-order chi connectivity index (χ1) is 7.83. The molecule has 0 atom stereocenters. The molecular weight excluding hydrogens is 220 g/mol. The molecule has 3 rings (SSSR count). The fraction of sp³-hybridized carbons (Fsp3) is 0. The molecule has 4 nitrogen and oxygen atoms in total. The van der Waals surface area contributed by atoms with Crippen LogP contribution in [0, 0.1) is 0 Å². The molecule has 0 aromatic carbocycles. The van der Waals surface area contributed by atoms with Crippen LogP contribution in [0.25, 0.3) is 20.9 Å². The zero-order valence-corrected chi connectivity index (χ0v) is 9.11. The summed E-state index contributed by atoms with van der Waals surface area (Å²) in [7, 11) is 0. The van der Waals surface area contributed by atoms with Gasteiger partial charge in [-0.1, -0.05) is 6.07 Å². The Kier molecular flexibility index (Phi) is 2.04. The maximum Gasteiger partial charge on any atom is 0.143 e. The predicted molar refractivity (Wildman–Crippen MR) is 65.1 cm³/mol. The molecule has 0 unspecified atom stereocenters. The molecule has 3 aromatic rings. The fourth-order valence-electron chi connectivity index (χ4n) is 1.46. The van der Waals surface area contributed by atoms with Gasteiger partial charge in [-0.25, -0.2) is 9.97 Å². The SMILES string of the molecule is Nc1cccc(-c2nc3cnccc3s2)n1. The minimum Gasteiger partial charge on any atom is -0.384 e. The monoisotopic (exact) mass is 228 g/mol. The van der Waals surface area contributed by atoms with E-state index in [2.05, 4.69) is 15.0 Å². The molecule has 0 saturated carbocycles. The van der Waals surface area contributed by atoms with Crippen molar-refractivity contribution in [3.05, 3.63) is 36.7 Å². The highest BCUT2D eigenvalue weighted by molar-refractivity contribution is 7.21. The van der Waals surface area contributed by atoms with E-state index in [9.17, 15) is 0 Å². The average molecular weight is 228 g/mol. The molecule has 0 spiro atoms. The Bertz CT molecular complexity index is 614. The van der Waals surface area contributed by atoms with Crippen molar-refractivity contribution < 1.29 is 0 Å². The molecule has 78 valence electrons. The van der Waals surface area contributed by atoms with Crippen LogP contribution in [0.4, 0.5) is 5.82 Å². The highest BCUT2D eigenvalue weighted by atomic mass is 32.1. The number of fused-ring (bicyclic) bond motifs is 1. The largest absolute Gasteiger partial charge is 0.384 e. The second-order valence-corrected chi connectivity index (χ2v) is 4.34. The summed E-state index contributed by atoms with van der Waals surface area (Å²) in [5, 5.41) is 0.871. The van der Waals surface area contributed by atoms with Gasteiger partial charge < -0.3 is 5.73 Å². The van der Waals surface area contributed by atoms with Crippen molar-refractivity contribution in [1.29, 1.82) is 0 Å². The number of aromatic nitrogens is 3. The number of nitrogens with zero attached hydrogens (tertiary/aromatic N) is 3. The van der Waals surface area contributed by atoms with Crippen LogP contribution in [0.2, 0.25) is 0 Å². The first kappa shape index (κ1) is 9.23. The lowest BCUT2D eigenvalue weighted by atomic mass is 10.3. The lowest BCUT2D eigenvalue weighted by Gasteiger charge is -1.95. The van der Waals surface area contributed by atoms with Gasteiger partial charge in [-0.15, -0.1) is 11.3 Å². The van der Waals surface area contributed by atoms with Gasteiger partial charge in [0, 0.05) is 6.20 Å². The van der Waals surface area contributed by atoms with Crippen LogP contribution in [0.1, 0.15) is 0 Å². The minimum atomic E-state index is 0.509. The van der Waals surface area contributed by atoms with E-state index in [0.29, 0.717) is 5.82 Å². The third-order valence-electron chi connectivity index (χ3n) is 2.18. The first-order valence-electron chi connectivity index (χ1n) is 4.76. The molecule has 0 bridgehead atoms. The molecule has 3 aromatic heterocycles. The summed E-state index contributed by atoms with van der Waals surface area (Å²) in [4.78, 5) is 12.7. The van der Waals surface area contributed by atoms with Crippen LogP contribution < -0.4 is 5.73 Å². The van der Waals surface area contributed by atoms with Gasteiger partial charge in [-0.3, -0.25) is 4.98 Å². The summed E-state index contributed by atoms with van der Waals surface area (Å²) in [6.07, 6.45) is 3.51. The molecule has 3 heterocycles. The van der Waals surface area contributed by atoms with E-state index in [-0.39, 0.29) is 0 Å². The molecule has 16 heavy (non-hydrogen) atoms. The van der Waals surface area contributed by atoms with E-state index in [1.807, 2.05) is 18.2 Å². The van der Waals surface area contributed by atoms with Crippen LogP contribution in [0.5, 0.6) is 0 Å². The van der Waals surface area contributed by atoms with Crippen LogP contribution in [-0.4, -0.2) is 15.0 Å². The number of hydrogen-bond acceptors (Lipinski definition) is 5. The van der Waals surface area contributed by atoms with Gasteiger partial charge in [0.2, 0.25) is 0 Å². The Hall–Kier alpha value is -2.01. The molecular formula is C11H8N4S. The highest BCUT2D eigenvalue weighted by Crippen LogP contribution is 2.28. The predicted octanol–water partition coefficient (Wildman–Crippen LogP) is 2.34. The quantitative estimate of drug-likeness (QED) is 0.694. The third-order valence-corrected chi connectivity index (χ3v) is 3.24. The number of pyridine rings is 2. The standard InChI is InChI=1S/C11H8N4S/c12-10-3-1-2-7(14-10)11-15-8-6-13-5-4-9(8)16-11/h1-6H,(H2,12,14). The minimum absolute atomic E-state index is 0.509. The van der Waals surface area contributed by atoms with Crippen molar-refractivity contribution in [2.45, 2.75) is 0 Å². The zero-order chi connectivity index (χ0) is 11.0. The Morgan fingerprint density at radius 1 is 1.12 bits per heavy atom. The Labute approximate surface area is 95.8 Å². The maximum atomic E-state index is 5.64. The van der Waals surface area contributed by atoms with Gasteiger partial charge in [0.15, 0.2) is 0 Å². The van der Waals surface area contributed by atoms with Crippen LogP contribution >= 0.6 is 11.3 Å². The summed E-state index contributed by atoms with van der Waals surface area (Å²) in [5.41, 5.74) is 7.35. The van der Waals surface area contributed by atoms with Gasteiger partial charge in [0.05, 0.1) is 10.9 Å². The summed E-state index contributed by atoms with van der Waals surface area (Å²) in [6, 6.07) is 7.49. The second kappa shape index (κ2) is 3.53. The smallest absolute Gasteiger partial charge is 0.143 e. The number of nitrogens with two attached hydrogens (primary N) is 1. The van der Waals surface area contributed by atoms with E-state index in [0.717, 1.165) is 20.9 Å². The van der Waals surface area contributed by atoms with Crippen molar-refractivity contribution in [2.24, 2.45) is 0 Å². The van der Waals surface area contributed by atoms with Gasteiger partial charge in [0.25, 0.3) is 0 Å². The van der Waals surface area contributed by atoms with Crippen LogP contribution in [0.15, 0.2) is 36.7 Å². The number of rotatable bonds is 1. The summed E-state index contributed by atoms with van der Waals surface area (Å²) >= 11 is 1.59. The second-order valence-electron chi connectivity index (χ2n) is 3.31. The molecule has 0 radical (unpaired) electrons. The van der Waals surface area contributed by atoms with E-state index in [1.165, 1.54) is 0 Å². The van der Waals surface area contributed by atoms with Crippen molar-refractivity contribution in [3.63, 3.8) is 0 Å². The molecule has 0 aliphatic carbocycles. The number of nitrogen functional groups attached to an aromatic ring is 1. The van der Waals surface area contributed by atoms with Crippen molar-refractivity contribution in [2.75, 3.05) is 5.73 Å².